The maximum Gasteiger partial charge on any atom is 0.308 e. The number of carbonyl (C=O) groups excluding carboxylic acids is 2. The van der Waals surface area contributed by atoms with Gasteiger partial charge in [0.1, 0.15) is 5.76 Å². The summed E-state index contributed by atoms with van der Waals surface area (Å²) < 4.78 is 10.00. The van der Waals surface area contributed by atoms with E-state index in [4.69, 9.17) is 9.15 Å². The van der Waals surface area contributed by atoms with Crippen molar-refractivity contribution in [2.45, 2.75) is 19.4 Å². The van der Waals surface area contributed by atoms with E-state index >= 15 is 0 Å². The number of esters is 1. The average Bonchev–Trinajstić information content (AvgIpc) is 3.00. The quantitative estimate of drug-likeness (QED) is 0.762. The van der Waals surface area contributed by atoms with Crippen molar-refractivity contribution in [3.8, 4) is 0 Å². The van der Waals surface area contributed by atoms with Crippen LogP contribution in [-0.2, 0) is 20.9 Å². The number of hydrogen-bond acceptors (Lipinski definition) is 5. The standard InChI is InChI=1S/C15H22N2O4/c1-16(10-13-4-3-9-21-13)14(18)11-17-7-5-12(6-8-17)15(19)20-2/h3-4,9,12H,5-8,10-11H2,1-2H3. The molecule has 1 saturated heterocycles. The first-order chi connectivity index (χ1) is 10.1. The molecule has 1 aromatic heterocycles. The smallest absolute Gasteiger partial charge is 0.308 e. The molecule has 1 aliphatic heterocycles. The molecule has 2 rings (SSSR count). The van der Waals surface area contributed by atoms with Gasteiger partial charge in [0.15, 0.2) is 0 Å². The van der Waals surface area contributed by atoms with Crippen molar-refractivity contribution < 1.29 is 18.7 Å². The Kier molecular flexibility index (Phi) is 5.38. The number of ether oxygens (including phenoxy) is 1. The Balaban J connectivity index is 1.75. The summed E-state index contributed by atoms with van der Waals surface area (Å²) in [4.78, 5) is 27.4. The lowest BCUT2D eigenvalue weighted by Crippen LogP contribution is -2.43. The predicted octanol–water partition coefficient (Wildman–Crippen LogP) is 1.12. The van der Waals surface area contributed by atoms with E-state index in [2.05, 4.69) is 4.90 Å². The number of likely N-dealkylation sites (tertiary alicyclic amines) is 1. The van der Waals surface area contributed by atoms with Gasteiger partial charge in [-0.25, -0.2) is 0 Å². The number of nitrogens with zero attached hydrogens (tertiary/aromatic N) is 2. The zero-order valence-electron chi connectivity index (χ0n) is 12.6. The maximum atomic E-state index is 12.2. The first kappa shape index (κ1) is 15.6. The first-order valence-electron chi connectivity index (χ1n) is 7.16. The molecule has 6 nitrogen and oxygen atoms in total. The van der Waals surface area contributed by atoms with Crippen molar-refractivity contribution in [1.29, 1.82) is 0 Å². The van der Waals surface area contributed by atoms with Crippen LogP contribution >= 0.6 is 0 Å². The molecule has 1 amide bonds. The lowest BCUT2D eigenvalue weighted by molar-refractivity contribution is -0.147. The van der Waals surface area contributed by atoms with Crippen LogP contribution in [0.15, 0.2) is 22.8 Å². The monoisotopic (exact) mass is 294 g/mol. The van der Waals surface area contributed by atoms with E-state index in [1.165, 1.54) is 7.11 Å². The number of likely N-dealkylation sites (N-methyl/N-ethyl adjacent to an activating group) is 1. The van der Waals surface area contributed by atoms with Crippen LogP contribution in [-0.4, -0.2) is 55.5 Å². The second-order valence-electron chi connectivity index (χ2n) is 5.40. The van der Waals surface area contributed by atoms with E-state index in [1.54, 1.807) is 18.2 Å². The Bertz CT molecular complexity index is 464. The van der Waals surface area contributed by atoms with Gasteiger partial charge in [-0.15, -0.1) is 0 Å². The molecule has 1 fully saturated rings. The highest BCUT2D eigenvalue weighted by atomic mass is 16.5. The van der Waals surface area contributed by atoms with Gasteiger partial charge in [-0.1, -0.05) is 0 Å². The molecule has 0 radical (unpaired) electrons. The molecule has 2 heterocycles. The van der Waals surface area contributed by atoms with Crippen molar-refractivity contribution in [3.05, 3.63) is 24.2 Å². The molecule has 1 aliphatic rings. The molecular formula is C15H22N2O4. The molecule has 6 heteroatoms. The molecule has 1 aromatic rings. The molecule has 0 aromatic carbocycles. The van der Waals surface area contributed by atoms with E-state index in [9.17, 15) is 9.59 Å². The average molecular weight is 294 g/mol. The van der Waals surface area contributed by atoms with Crippen molar-refractivity contribution in [2.75, 3.05) is 33.8 Å². The number of furan rings is 1. The number of hydrogen-bond donors (Lipinski definition) is 0. The van der Waals surface area contributed by atoms with Gasteiger partial charge in [0.05, 0.1) is 32.4 Å². The summed E-state index contributed by atoms with van der Waals surface area (Å²) in [5.41, 5.74) is 0. The molecule has 0 saturated carbocycles. The van der Waals surface area contributed by atoms with Crippen molar-refractivity contribution >= 4 is 11.9 Å². The lowest BCUT2D eigenvalue weighted by Gasteiger charge is -2.31. The van der Waals surface area contributed by atoms with Crippen LogP contribution in [0.1, 0.15) is 18.6 Å². The van der Waals surface area contributed by atoms with E-state index < -0.39 is 0 Å². The fourth-order valence-corrected chi connectivity index (χ4v) is 2.53. The third-order valence-electron chi connectivity index (χ3n) is 3.88. The van der Waals surface area contributed by atoms with E-state index in [0.29, 0.717) is 13.1 Å². The van der Waals surface area contributed by atoms with E-state index in [0.717, 1.165) is 31.7 Å². The predicted molar refractivity (Wildman–Crippen MR) is 76.4 cm³/mol. The topological polar surface area (TPSA) is 63.0 Å². The number of rotatable bonds is 5. The summed E-state index contributed by atoms with van der Waals surface area (Å²) in [5.74, 6) is 0.663. The third kappa shape index (κ3) is 4.32. The van der Waals surface area contributed by atoms with Crippen LogP contribution in [0.4, 0.5) is 0 Å². The molecule has 0 aliphatic carbocycles. The summed E-state index contributed by atoms with van der Waals surface area (Å²) in [6, 6.07) is 3.66. The number of methoxy groups -OCH3 is 1. The second kappa shape index (κ2) is 7.26. The number of piperidine rings is 1. The molecule has 0 N–H and O–H groups in total. The van der Waals surface area contributed by atoms with Crippen LogP contribution < -0.4 is 0 Å². The first-order valence-corrected chi connectivity index (χ1v) is 7.16. The summed E-state index contributed by atoms with van der Waals surface area (Å²) in [6.07, 6.45) is 3.11. The largest absolute Gasteiger partial charge is 0.469 e. The van der Waals surface area contributed by atoms with Crippen LogP contribution in [0.5, 0.6) is 0 Å². The van der Waals surface area contributed by atoms with Crippen LogP contribution in [0, 0.1) is 5.92 Å². The van der Waals surface area contributed by atoms with Crippen LogP contribution in [0.3, 0.4) is 0 Å². The van der Waals surface area contributed by atoms with E-state index in [1.807, 2.05) is 12.1 Å². The third-order valence-corrected chi connectivity index (χ3v) is 3.88. The van der Waals surface area contributed by atoms with E-state index in [-0.39, 0.29) is 17.8 Å². The Morgan fingerprint density at radius 3 is 2.71 bits per heavy atom. The van der Waals surface area contributed by atoms with Crippen molar-refractivity contribution in [3.63, 3.8) is 0 Å². The lowest BCUT2D eigenvalue weighted by atomic mass is 9.97. The summed E-state index contributed by atoms with van der Waals surface area (Å²) in [6.45, 7) is 2.36. The number of amides is 1. The zero-order valence-corrected chi connectivity index (χ0v) is 12.6. The summed E-state index contributed by atoms with van der Waals surface area (Å²) in [5, 5.41) is 0. The van der Waals surface area contributed by atoms with Crippen molar-refractivity contribution in [1.82, 2.24) is 9.80 Å². The second-order valence-corrected chi connectivity index (χ2v) is 5.40. The van der Waals surface area contributed by atoms with Gasteiger partial charge in [-0.05, 0) is 38.1 Å². The van der Waals surface area contributed by atoms with Crippen LogP contribution in [0.2, 0.25) is 0 Å². The normalized spacial score (nSPS) is 16.7. The van der Waals surface area contributed by atoms with Gasteiger partial charge >= 0.3 is 5.97 Å². The van der Waals surface area contributed by atoms with Gasteiger partial charge in [0.2, 0.25) is 5.91 Å². The van der Waals surface area contributed by atoms with Gasteiger partial charge < -0.3 is 14.1 Å². The van der Waals surface area contributed by atoms with Gasteiger partial charge in [-0.2, -0.15) is 0 Å². The molecule has 0 atom stereocenters. The molecule has 0 spiro atoms. The Morgan fingerprint density at radius 2 is 2.14 bits per heavy atom. The minimum absolute atomic E-state index is 0.0257. The highest BCUT2D eigenvalue weighted by molar-refractivity contribution is 5.78. The molecule has 0 unspecified atom stereocenters. The van der Waals surface area contributed by atoms with Crippen molar-refractivity contribution in [2.24, 2.45) is 5.92 Å². The SMILES string of the molecule is COC(=O)C1CCN(CC(=O)N(C)Cc2ccco2)CC1. The molecule has 116 valence electrons. The van der Waals surface area contributed by atoms with Gasteiger partial charge in [-0.3, -0.25) is 14.5 Å². The minimum Gasteiger partial charge on any atom is -0.469 e. The Morgan fingerprint density at radius 1 is 1.43 bits per heavy atom. The zero-order chi connectivity index (χ0) is 15.2. The van der Waals surface area contributed by atoms with Gasteiger partial charge in [0.25, 0.3) is 0 Å². The fourth-order valence-electron chi connectivity index (χ4n) is 2.53. The number of carbonyl (C=O) groups is 2. The fraction of sp³-hybridized carbons (Fsp3) is 0.600. The highest BCUT2D eigenvalue weighted by Gasteiger charge is 2.27. The highest BCUT2D eigenvalue weighted by Crippen LogP contribution is 2.18. The summed E-state index contributed by atoms with van der Waals surface area (Å²) in [7, 11) is 3.19. The Hall–Kier alpha value is -1.82. The molecular weight excluding hydrogens is 272 g/mol. The Labute approximate surface area is 124 Å². The molecule has 0 bridgehead atoms. The van der Waals surface area contributed by atoms with Gasteiger partial charge in [0, 0.05) is 7.05 Å². The molecule has 21 heavy (non-hydrogen) atoms. The minimum atomic E-state index is -0.143. The van der Waals surface area contributed by atoms with Crippen LogP contribution in [0.25, 0.3) is 0 Å². The maximum absolute atomic E-state index is 12.2. The summed E-state index contributed by atoms with van der Waals surface area (Å²) >= 11 is 0.